The van der Waals surface area contributed by atoms with E-state index in [2.05, 4.69) is 10.1 Å². The lowest BCUT2D eigenvalue weighted by Crippen LogP contribution is -2.24. The van der Waals surface area contributed by atoms with Crippen molar-refractivity contribution in [1.82, 2.24) is 19.2 Å². The molecule has 0 saturated heterocycles. The minimum atomic E-state index is -0.178. The van der Waals surface area contributed by atoms with Crippen LogP contribution < -0.4 is 11.4 Å². The van der Waals surface area contributed by atoms with Crippen LogP contribution in [-0.4, -0.2) is 25.7 Å². The first kappa shape index (κ1) is 7.93. The Morgan fingerprint density at radius 1 is 1.54 bits per heavy atom. The summed E-state index contributed by atoms with van der Waals surface area (Å²) in [4.78, 5) is 15.4. The van der Waals surface area contributed by atoms with E-state index in [9.17, 15) is 4.79 Å². The van der Waals surface area contributed by atoms with E-state index in [1.807, 2.05) is 0 Å². The second kappa shape index (κ2) is 2.98. The standard InChI is InChI=1S/C7H9N5O/c8-1-3-12-7(13)11-4-2-9-5-6(11)10-12/h2,4-5H,1,3,8H2. The van der Waals surface area contributed by atoms with Gasteiger partial charge in [0.25, 0.3) is 0 Å². The molecule has 0 unspecified atom stereocenters. The molecule has 0 fully saturated rings. The summed E-state index contributed by atoms with van der Waals surface area (Å²) in [6, 6.07) is 0. The molecular formula is C7H9N5O. The summed E-state index contributed by atoms with van der Waals surface area (Å²) >= 11 is 0. The van der Waals surface area contributed by atoms with Gasteiger partial charge in [-0.15, -0.1) is 5.10 Å². The molecule has 0 amide bonds. The molecule has 0 radical (unpaired) electrons. The molecule has 6 heteroatoms. The van der Waals surface area contributed by atoms with Crippen molar-refractivity contribution in [2.45, 2.75) is 6.54 Å². The van der Waals surface area contributed by atoms with E-state index >= 15 is 0 Å². The Bertz CT molecular complexity index is 471. The van der Waals surface area contributed by atoms with Crippen LogP contribution in [0, 0.1) is 0 Å². The fourth-order valence-corrected chi connectivity index (χ4v) is 1.15. The van der Waals surface area contributed by atoms with Gasteiger partial charge in [-0.1, -0.05) is 0 Å². The van der Waals surface area contributed by atoms with Crippen LogP contribution in [0.4, 0.5) is 0 Å². The topological polar surface area (TPSA) is 78.2 Å². The molecule has 68 valence electrons. The van der Waals surface area contributed by atoms with Gasteiger partial charge in [0.2, 0.25) is 0 Å². The maximum absolute atomic E-state index is 11.5. The fraction of sp³-hybridized carbons (Fsp3) is 0.286. The summed E-state index contributed by atoms with van der Waals surface area (Å²) in [6.07, 6.45) is 4.66. The first-order valence-corrected chi connectivity index (χ1v) is 3.92. The van der Waals surface area contributed by atoms with Gasteiger partial charge in [0.15, 0.2) is 5.65 Å². The predicted octanol–water partition coefficient (Wildman–Crippen LogP) is -1.15. The van der Waals surface area contributed by atoms with Gasteiger partial charge in [0.1, 0.15) is 0 Å². The Labute approximate surface area is 73.6 Å². The van der Waals surface area contributed by atoms with Crippen molar-refractivity contribution in [3.63, 3.8) is 0 Å². The molecular weight excluding hydrogens is 170 g/mol. The summed E-state index contributed by atoms with van der Waals surface area (Å²) in [6.45, 7) is 0.831. The summed E-state index contributed by atoms with van der Waals surface area (Å²) in [5, 5.41) is 4.03. The average molecular weight is 179 g/mol. The van der Waals surface area contributed by atoms with E-state index in [1.165, 1.54) is 15.3 Å². The van der Waals surface area contributed by atoms with Crippen molar-refractivity contribution in [2.24, 2.45) is 5.73 Å². The monoisotopic (exact) mass is 179 g/mol. The molecule has 0 bridgehead atoms. The van der Waals surface area contributed by atoms with Crippen molar-refractivity contribution in [2.75, 3.05) is 6.54 Å². The first-order valence-electron chi connectivity index (χ1n) is 3.92. The summed E-state index contributed by atoms with van der Waals surface area (Å²) in [5.41, 5.74) is 5.69. The molecule has 0 aliphatic heterocycles. The number of hydrogen-bond acceptors (Lipinski definition) is 4. The maximum Gasteiger partial charge on any atom is 0.350 e. The third-order valence-corrected chi connectivity index (χ3v) is 1.73. The third-order valence-electron chi connectivity index (χ3n) is 1.73. The Hall–Kier alpha value is -1.69. The number of nitrogens with two attached hydrogens (primary N) is 1. The normalized spacial score (nSPS) is 10.8. The highest BCUT2D eigenvalue weighted by atomic mass is 16.2. The molecule has 0 aromatic carbocycles. The molecule has 2 N–H and O–H groups in total. The van der Waals surface area contributed by atoms with E-state index < -0.39 is 0 Å². The molecule has 2 heterocycles. The largest absolute Gasteiger partial charge is 0.350 e. The molecule has 6 nitrogen and oxygen atoms in total. The highest BCUT2D eigenvalue weighted by Crippen LogP contribution is 1.90. The predicted molar refractivity (Wildman–Crippen MR) is 46.3 cm³/mol. The Kier molecular flexibility index (Phi) is 1.82. The molecule has 0 spiro atoms. The van der Waals surface area contributed by atoms with E-state index in [1.54, 1.807) is 12.4 Å². The van der Waals surface area contributed by atoms with Crippen molar-refractivity contribution in [3.05, 3.63) is 29.1 Å². The molecule has 13 heavy (non-hydrogen) atoms. The number of fused-ring (bicyclic) bond motifs is 1. The van der Waals surface area contributed by atoms with Crippen molar-refractivity contribution < 1.29 is 0 Å². The highest BCUT2D eigenvalue weighted by Gasteiger charge is 2.03. The Morgan fingerprint density at radius 2 is 2.38 bits per heavy atom. The van der Waals surface area contributed by atoms with Crippen LogP contribution >= 0.6 is 0 Å². The van der Waals surface area contributed by atoms with Crippen molar-refractivity contribution >= 4 is 5.65 Å². The number of aromatic nitrogens is 4. The van der Waals surface area contributed by atoms with Gasteiger partial charge in [-0.25, -0.2) is 13.9 Å². The van der Waals surface area contributed by atoms with Gasteiger partial charge < -0.3 is 5.73 Å². The van der Waals surface area contributed by atoms with Crippen LogP contribution in [0.3, 0.4) is 0 Å². The lowest BCUT2D eigenvalue weighted by atomic mass is 10.7. The molecule has 2 aromatic heterocycles. The van der Waals surface area contributed by atoms with Crippen molar-refractivity contribution in [3.8, 4) is 0 Å². The third kappa shape index (κ3) is 1.20. The SMILES string of the molecule is NCCn1nc2cnccn2c1=O. The number of nitrogens with zero attached hydrogens (tertiary/aromatic N) is 4. The quantitative estimate of drug-likeness (QED) is 0.631. The summed E-state index contributed by atoms with van der Waals surface area (Å²) < 4.78 is 2.76. The van der Waals surface area contributed by atoms with Crippen LogP contribution in [0.15, 0.2) is 23.4 Å². The maximum atomic E-state index is 11.5. The van der Waals surface area contributed by atoms with E-state index in [0.29, 0.717) is 18.7 Å². The Balaban J connectivity index is 2.67. The summed E-state index contributed by atoms with van der Waals surface area (Å²) in [5.74, 6) is 0. The van der Waals surface area contributed by atoms with Gasteiger partial charge in [0, 0.05) is 18.9 Å². The van der Waals surface area contributed by atoms with Gasteiger partial charge in [-0.3, -0.25) is 4.98 Å². The van der Waals surface area contributed by atoms with Crippen LogP contribution in [0.25, 0.3) is 5.65 Å². The van der Waals surface area contributed by atoms with Gasteiger partial charge in [0.05, 0.1) is 12.7 Å². The molecule has 0 saturated carbocycles. The lowest BCUT2D eigenvalue weighted by molar-refractivity contribution is 0.602. The van der Waals surface area contributed by atoms with Crippen LogP contribution in [0.1, 0.15) is 0 Å². The summed E-state index contributed by atoms with van der Waals surface area (Å²) in [7, 11) is 0. The number of hydrogen-bond donors (Lipinski definition) is 1. The fourth-order valence-electron chi connectivity index (χ4n) is 1.15. The second-order valence-corrected chi connectivity index (χ2v) is 2.60. The first-order chi connectivity index (χ1) is 6.33. The van der Waals surface area contributed by atoms with Crippen LogP contribution in [0.5, 0.6) is 0 Å². The van der Waals surface area contributed by atoms with E-state index in [0.717, 1.165) is 0 Å². The zero-order valence-electron chi connectivity index (χ0n) is 6.92. The molecule has 0 aliphatic carbocycles. The highest BCUT2D eigenvalue weighted by molar-refractivity contribution is 5.31. The molecule has 2 rings (SSSR count). The molecule has 0 atom stereocenters. The van der Waals surface area contributed by atoms with Gasteiger partial charge in [-0.2, -0.15) is 0 Å². The second-order valence-electron chi connectivity index (χ2n) is 2.60. The van der Waals surface area contributed by atoms with E-state index in [4.69, 9.17) is 5.73 Å². The minimum absolute atomic E-state index is 0.178. The van der Waals surface area contributed by atoms with Gasteiger partial charge in [-0.05, 0) is 0 Å². The minimum Gasteiger partial charge on any atom is -0.329 e. The van der Waals surface area contributed by atoms with Gasteiger partial charge >= 0.3 is 5.69 Å². The van der Waals surface area contributed by atoms with Crippen LogP contribution in [-0.2, 0) is 6.54 Å². The van der Waals surface area contributed by atoms with Crippen molar-refractivity contribution in [1.29, 1.82) is 0 Å². The number of rotatable bonds is 2. The smallest absolute Gasteiger partial charge is 0.329 e. The lowest BCUT2D eigenvalue weighted by Gasteiger charge is -1.91. The average Bonchev–Trinajstić information content (AvgIpc) is 2.46. The molecule has 0 aliphatic rings. The van der Waals surface area contributed by atoms with Crippen LogP contribution in [0.2, 0.25) is 0 Å². The van der Waals surface area contributed by atoms with E-state index in [-0.39, 0.29) is 5.69 Å². The zero-order chi connectivity index (χ0) is 9.26. The zero-order valence-corrected chi connectivity index (χ0v) is 6.92. The Morgan fingerprint density at radius 3 is 3.08 bits per heavy atom. The molecule has 2 aromatic rings.